The number of ether oxygens (including phenoxy) is 2. The highest BCUT2D eigenvalue weighted by Crippen LogP contribution is 2.38. The lowest BCUT2D eigenvalue weighted by Gasteiger charge is -2.40. The molecule has 4 nitrogen and oxygen atoms in total. The topological polar surface area (TPSA) is 58.9 Å². The molecule has 0 aliphatic heterocycles. The third-order valence-corrected chi connectivity index (χ3v) is 4.65. The van der Waals surface area contributed by atoms with Gasteiger partial charge in [0.25, 0.3) is 0 Å². The quantitative estimate of drug-likeness (QED) is 0.539. The van der Waals surface area contributed by atoms with E-state index in [0.29, 0.717) is 19.4 Å². The predicted molar refractivity (Wildman–Crippen MR) is 95.6 cm³/mol. The summed E-state index contributed by atoms with van der Waals surface area (Å²) in [7, 11) is 1.61. The van der Waals surface area contributed by atoms with Gasteiger partial charge in [-0.3, -0.25) is 0 Å². The van der Waals surface area contributed by atoms with Gasteiger partial charge in [0, 0.05) is 13.7 Å². The number of aliphatic hydroxyl groups is 2. The molecular formula is C19H40O4. The van der Waals surface area contributed by atoms with Crippen LogP contribution < -0.4 is 0 Å². The third-order valence-electron chi connectivity index (χ3n) is 4.65. The number of hydrogen-bond acceptors (Lipinski definition) is 4. The summed E-state index contributed by atoms with van der Waals surface area (Å²) in [5.41, 5.74) is 0.119. The number of methoxy groups -OCH3 is 1. The van der Waals surface area contributed by atoms with Crippen molar-refractivity contribution < 1.29 is 19.7 Å². The maximum Gasteiger partial charge on any atom is 0.0823 e. The Kier molecular flexibility index (Phi) is 10.6. The zero-order chi connectivity index (χ0) is 18.1. The minimum Gasteiger partial charge on any atom is -0.394 e. The highest BCUT2D eigenvalue weighted by atomic mass is 16.5. The summed E-state index contributed by atoms with van der Waals surface area (Å²) in [6.07, 6.45) is 4.26. The molecule has 0 radical (unpaired) electrons. The van der Waals surface area contributed by atoms with Gasteiger partial charge in [0.05, 0.1) is 24.9 Å². The fourth-order valence-corrected chi connectivity index (χ4v) is 3.36. The summed E-state index contributed by atoms with van der Waals surface area (Å²) in [5, 5.41) is 19.0. The van der Waals surface area contributed by atoms with E-state index in [1.807, 2.05) is 6.92 Å². The molecule has 0 saturated heterocycles. The first kappa shape index (κ1) is 22.8. The van der Waals surface area contributed by atoms with Crippen LogP contribution in [0.2, 0.25) is 0 Å². The minimum atomic E-state index is -0.338. The van der Waals surface area contributed by atoms with Gasteiger partial charge in [0.2, 0.25) is 0 Å². The van der Waals surface area contributed by atoms with Gasteiger partial charge in [-0.2, -0.15) is 0 Å². The second kappa shape index (κ2) is 10.7. The van der Waals surface area contributed by atoms with Crippen LogP contribution in [0.3, 0.4) is 0 Å². The molecule has 3 unspecified atom stereocenters. The lowest BCUT2D eigenvalue weighted by molar-refractivity contribution is -0.0778. The van der Waals surface area contributed by atoms with Gasteiger partial charge in [-0.1, -0.05) is 41.0 Å². The van der Waals surface area contributed by atoms with E-state index in [-0.39, 0.29) is 35.7 Å². The normalized spacial score (nSPS) is 17.1. The third kappa shape index (κ3) is 9.65. The van der Waals surface area contributed by atoms with Crippen LogP contribution in [0, 0.1) is 10.8 Å². The molecule has 0 aromatic rings. The first-order valence-corrected chi connectivity index (χ1v) is 9.01. The van der Waals surface area contributed by atoms with Crippen LogP contribution in [0.15, 0.2) is 0 Å². The van der Waals surface area contributed by atoms with Crippen molar-refractivity contribution in [2.45, 2.75) is 92.0 Å². The van der Waals surface area contributed by atoms with Crippen molar-refractivity contribution in [3.05, 3.63) is 0 Å². The molecule has 0 saturated carbocycles. The molecule has 0 aliphatic rings. The van der Waals surface area contributed by atoms with Crippen LogP contribution >= 0.6 is 0 Å². The maximum absolute atomic E-state index is 9.82. The Morgan fingerprint density at radius 3 is 2.13 bits per heavy atom. The summed E-state index contributed by atoms with van der Waals surface area (Å²) >= 11 is 0. The summed E-state index contributed by atoms with van der Waals surface area (Å²) in [6, 6.07) is 0. The number of aliphatic hydroxyl groups excluding tert-OH is 2. The van der Waals surface area contributed by atoms with Crippen LogP contribution in [0.25, 0.3) is 0 Å². The fraction of sp³-hybridized carbons (Fsp3) is 1.00. The minimum absolute atomic E-state index is 0.0168. The van der Waals surface area contributed by atoms with Gasteiger partial charge >= 0.3 is 0 Å². The Hall–Kier alpha value is -0.160. The standard InChI is InChI=1S/C19H40O4/c1-8-10-18(3,4)13-17(19(5,6)12-15(2)21)23-11-9-16(14-20)22-7/h15-17,20-21H,8-14H2,1-7H3. The van der Waals surface area contributed by atoms with Gasteiger partial charge in [0.15, 0.2) is 0 Å². The summed E-state index contributed by atoms with van der Waals surface area (Å²) in [5.74, 6) is 0. The van der Waals surface area contributed by atoms with E-state index in [9.17, 15) is 10.2 Å². The number of hydrogen-bond donors (Lipinski definition) is 2. The molecule has 0 spiro atoms. The first-order chi connectivity index (χ1) is 10.6. The largest absolute Gasteiger partial charge is 0.394 e. The highest BCUT2D eigenvalue weighted by molar-refractivity contribution is 4.86. The molecule has 0 aliphatic carbocycles. The monoisotopic (exact) mass is 332 g/mol. The van der Waals surface area contributed by atoms with E-state index in [2.05, 4.69) is 34.6 Å². The van der Waals surface area contributed by atoms with E-state index in [4.69, 9.17) is 9.47 Å². The maximum atomic E-state index is 9.82. The number of rotatable bonds is 13. The van der Waals surface area contributed by atoms with Crippen molar-refractivity contribution in [2.24, 2.45) is 10.8 Å². The molecule has 0 rings (SSSR count). The van der Waals surface area contributed by atoms with E-state index >= 15 is 0 Å². The summed E-state index contributed by atoms with van der Waals surface area (Å²) in [4.78, 5) is 0. The van der Waals surface area contributed by atoms with Gasteiger partial charge in [0.1, 0.15) is 0 Å². The smallest absolute Gasteiger partial charge is 0.0823 e. The molecule has 0 aromatic carbocycles. The van der Waals surface area contributed by atoms with Crippen LogP contribution in [0.4, 0.5) is 0 Å². The average Bonchev–Trinajstić information content (AvgIpc) is 2.40. The molecule has 0 amide bonds. The highest BCUT2D eigenvalue weighted by Gasteiger charge is 2.35. The van der Waals surface area contributed by atoms with E-state index in [1.54, 1.807) is 7.11 Å². The molecule has 0 fully saturated rings. The van der Waals surface area contributed by atoms with Crippen LogP contribution in [-0.2, 0) is 9.47 Å². The van der Waals surface area contributed by atoms with E-state index < -0.39 is 0 Å². The van der Waals surface area contributed by atoms with Crippen LogP contribution in [0.5, 0.6) is 0 Å². The van der Waals surface area contributed by atoms with Crippen molar-refractivity contribution in [2.75, 3.05) is 20.3 Å². The van der Waals surface area contributed by atoms with Crippen LogP contribution in [-0.4, -0.2) is 48.8 Å². The lowest BCUT2D eigenvalue weighted by atomic mass is 9.72. The fourth-order valence-electron chi connectivity index (χ4n) is 3.36. The second-order valence-corrected chi connectivity index (χ2v) is 8.35. The molecule has 0 heterocycles. The van der Waals surface area contributed by atoms with Gasteiger partial charge in [-0.15, -0.1) is 0 Å². The van der Waals surface area contributed by atoms with Crippen molar-refractivity contribution >= 4 is 0 Å². The SMILES string of the molecule is CCCC(C)(C)CC(OCCC(CO)OC)C(C)(C)CC(C)O. The Balaban J connectivity index is 4.86. The molecule has 2 N–H and O–H groups in total. The molecule has 140 valence electrons. The lowest BCUT2D eigenvalue weighted by Crippen LogP contribution is -2.39. The second-order valence-electron chi connectivity index (χ2n) is 8.35. The van der Waals surface area contributed by atoms with Gasteiger partial charge in [-0.05, 0) is 43.4 Å². The zero-order valence-corrected chi connectivity index (χ0v) is 16.4. The van der Waals surface area contributed by atoms with Gasteiger partial charge < -0.3 is 19.7 Å². The van der Waals surface area contributed by atoms with E-state index in [0.717, 1.165) is 19.3 Å². The first-order valence-electron chi connectivity index (χ1n) is 9.01. The van der Waals surface area contributed by atoms with Crippen LogP contribution in [0.1, 0.15) is 73.6 Å². The Labute approximate surface area is 143 Å². The summed E-state index contributed by atoms with van der Waals surface area (Å²) < 4.78 is 11.4. The van der Waals surface area contributed by atoms with Crippen molar-refractivity contribution in [1.82, 2.24) is 0 Å². The summed E-state index contributed by atoms with van der Waals surface area (Å²) in [6.45, 7) is 13.6. The molecule has 0 aromatic heterocycles. The van der Waals surface area contributed by atoms with Crippen molar-refractivity contribution in [3.8, 4) is 0 Å². The Bertz CT molecular complexity index is 296. The van der Waals surface area contributed by atoms with Crippen molar-refractivity contribution in [1.29, 1.82) is 0 Å². The average molecular weight is 333 g/mol. The van der Waals surface area contributed by atoms with E-state index in [1.165, 1.54) is 0 Å². The van der Waals surface area contributed by atoms with Crippen molar-refractivity contribution in [3.63, 3.8) is 0 Å². The zero-order valence-electron chi connectivity index (χ0n) is 16.4. The molecule has 0 bridgehead atoms. The molecule has 3 atom stereocenters. The molecule has 23 heavy (non-hydrogen) atoms. The Morgan fingerprint density at radius 1 is 1.09 bits per heavy atom. The molecular weight excluding hydrogens is 292 g/mol. The van der Waals surface area contributed by atoms with Gasteiger partial charge in [-0.25, -0.2) is 0 Å². The predicted octanol–water partition coefficient (Wildman–Crippen LogP) is 3.78. The Morgan fingerprint density at radius 2 is 1.70 bits per heavy atom. The molecule has 4 heteroatoms.